The smallest absolute Gasteiger partial charge is 0.218 e. The zero-order valence-electron chi connectivity index (χ0n) is 12.0. The summed E-state index contributed by atoms with van der Waals surface area (Å²) >= 11 is 0. The Morgan fingerprint density at radius 3 is 2.17 bits per heavy atom. The van der Waals surface area contributed by atoms with Crippen molar-refractivity contribution in [3.8, 4) is 0 Å². The Bertz CT molecular complexity index is 393. The fourth-order valence-electron chi connectivity index (χ4n) is 2.49. The van der Waals surface area contributed by atoms with Gasteiger partial charge in [0.25, 0.3) is 0 Å². The maximum absolute atomic E-state index is 9.94. The lowest BCUT2D eigenvalue weighted by atomic mass is 9.96. The van der Waals surface area contributed by atoms with Gasteiger partial charge in [-0.3, -0.25) is 0 Å². The zero-order chi connectivity index (χ0) is 17.4. The predicted molar refractivity (Wildman–Crippen MR) is 68.6 cm³/mol. The summed E-state index contributed by atoms with van der Waals surface area (Å²) in [4.78, 5) is 0. The highest BCUT2D eigenvalue weighted by molar-refractivity contribution is 4.94. The fourth-order valence-corrected chi connectivity index (χ4v) is 2.49. The molecule has 2 fully saturated rings. The van der Waals surface area contributed by atoms with Crippen molar-refractivity contribution in [3.05, 3.63) is 0 Å². The molecule has 0 bridgehead atoms. The molecule has 2 aliphatic rings. The first-order valence-corrected chi connectivity index (χ1v) is 7.04. The molecule has 11 heteroatoms. The Hall–Kier alpha value is -0.440. The van der Waals surface area contributed by atoms with E-state index in [1.807, 2.05) is 0 Å². The molecule has 0 unspecified atom stereocenters. The summed E-state index contributed by atoms with van der Waals surface area (Å²) in [5.41, 5.74) is 0. The quantitative estimate of drug-likeness (QED) is 0.243. The van der Waals surface area contributed by atoms with Crippen LogP contribution < -0.4 is 0 Å². The molecule has 2 rings (SSSR count). The highest BCUT2D eigenvalue weighted by Crippen LogP contribution is 2.29. The van der Waals surface area contributed by atoms with E-state index in [-0.39, 0.29) is 0 Å². The summed E-state index contributed by atoms with van der Waals surface area (Å²) in [7, 11) is 0. The van der Waals surface area contributed by atoms with Gasteiger partial charge in [0.1, 0.15) is 42.7 Å². The molecule has 0 aromatic heterocycles. The van der Waals surface area contributed by atoms with Crippen LogP contribution in [0.3, 0.4) is 0 Å². The average molecular weight is 342 g/mol. The molecule has 0 aromatic rings. The SMILES string of the molecule is OC[C@H]1O[C@@H](O[C@@H]2CO[C@@](O)(CO)[C@@H](O)[C@@H]2O)[C@H](O)[C@@H](O)[C@@H]1O. The van der Waals surface area contributed by atoms with Crippen LogP contribution in [0.4, 0.5) is 0 Å². The molecule has 23 heavy (non-hydrogen) atoms. The lowest BCUT2D eigenvalue weighted by Crippen LogP contribution is -2.65. The largest absolute Gasteiger partial charge is 0.394 e. The van der Waals surface area contributed by atoms with Gasteiger partial charge in [0, 0.05) is 0 Å². The fraction of sp³-hybridized carbons (Fsp3) is 1.00. The molecule has 136 valence electrons. The Morgan fingerprint density at radius 2 is 1.61 bits per heavy atom. The van der Waals surface area contributed by atoms with Gasteiger partial charge in [0.05, 0.1) is 19.8 Å². The van der Waals surface area contributed by atoms with Crippen LogP contribution in [-0.2, 0) is 14.2 Å². The van der Waals surface area contributed by atoms with Crippen molar-refractivity contribution in [1.82, 2.24) is 0 Å². The highest BCUT2D eigenvalue weighted by Gasteiger charge is 2.51. The van der Waals surface area contributed by atoms with Crippen molar-refractivity contribution in [2.75, 3.05) is 19.8 Å². The standard InChI is InChI=1S/C12H22O11/c13-1-4-6(15)8(17)9(18)11(22-4)23-5-2-21-12(20,3-14)10(19)7(5)16/h4-11,13-20H,1-3H2/t4-,5-,6-,7-,8+,9-,10+,11+,12+/m1/s1. The number of aliphatic hydroxyl groups excluding tert-OH is 7. The molecule has 0 spiro atoms. The minimum absolute atomic E-state index is 0.454. The first kappa shape index (κ1) is 18.9. The maximum Gasteiger partial charge on any atom is 0.218 e. The van der Waals surface area contributed by atoms with Crippen molar-refractivity contribution in [2.24, 2.45) is 0 Å². The van der Waals surface area contributed by atoms with Crippen LogP contribution in [0.2, 0.25) is 0 Å². The van der Waals surface area contributed by atoms with Crippen LogP contribution in [0.25, 0.3) is 0 Å². The number of hydrogen-bond acceptors (Lipinski definition) is 11. The van der Waals surface area contributed by atoms with E-state index in [0.29, 0.717) is 0 Å². The van der Waals surface area contributed by atoms with Crippen molar-refractivity contribution >= 4 is 0 Å². The number of hydrogen-bond donors (Lipinski definition) is 8. The van der Waals surface area contributed by atoms with Gasteiger partial charge in [-0.2, -0.15) is 0 Å². The van der Waals surface area contributed by atoms with Gasteiger partial charge in [-0.1, -0.05) is 0 Å². The van der Waals surface area contributed by atoms with E-state index >= 15 is 0 Å². The monoisotopic (exact) mass is 342 g/mol. The van der Waals surface area contributed by atoms with Gasteiger partial charge in [-0.05, 0) is 0 Å². The number of rotatable bonds is 4. The van der Waals surface area contributed by atoms with Gasteiger partial charge in [-0.15, -0.1) is 0 Å². The zero-order valence-corrected chi connectivity index (χ0v) is 12.0. The van der Waals surface area contributed by atoms with E-state index in [2.05, 4.69) is 0 Å². The number of aliphatic hydroxyl groups is 8. The molecular formula is C12H22O11. The molecule has 2 heterocycles. The van der Waals surface area contributed by atoms with Crippen molar-refractivity contribution in [1.29, 1.82) is 0 Å². The second-order valence-electron chi connectivity index (χ2n) is 5.62. The minimum Gasteiger partial charge on any atom is -0.394 e. The average Bonchev–Trinajstić information content (AvgIpc) is 2.55. The highest BCUT2D eigenvalue weighted by atomic mass is 16.7. The van der Waals surface area contributed by atoms with Gasteiger partial charge >= 0.3 is 0 Å². The normalized spacial score (nSPS) is 51.7. The summed E-state index contributed by atoms with van der Waals surface area (Å²) in [6.45, 7) is -2.07. The molecule has 0 saturated carbocycles. The Labute approximate surface area is 130 Å². The van der Waals surface area contributed by atoms with E-state index in [9.17, 15) is 30.6 Å². The van der Waals surface area contributed by atoms with E-state index in [1.54, 1.807) is 0 Å². The third-order valence-electron chi connectivity index (χ3n) is 4.05. The summed E-state index contributed by atoms with van der Waals surface area (Å²) in [6, 6.07) is 0. The third kappa shape index (κ3) is 3.50. The Morgan fingerprint density at radius 1 is 0.957 bits per heavy atom. The molecule has 0 radical (unpaired) electrons. The van der Waals surface area contributed by atoms with Gasteiger partial charge in [-0.25, -0.2) is 0 Å². The Kier molecular flexibility index (Phi) is 5.92. The molecule has 0 amide bonds. The second-order valence-corrected chi connectivity index (χ2v) is 5.62. The topological polar surface area (TPSA) is 190 Å². The molecule has 2 aliphatic heterocycles. The molecular weight excluding hydrogens is 320 g/mol. The lowest BCUT2D eigenvalue weighted by Gasteiger charge is -2.45. The van der Waals surface area contributed by atoms with Gasteiger partial charge in [0.15, 0.2) is 6.29 Å². The minimum atomic E-state index is -2.35. The van der Waals surface area contributed by atoms with Crippen LogP contribution in [-0.4, -0.2) is 115 Å². The Balaban J connectivity index is 2.04. The van der Waals surface area contributed by atoms with Crippen LogP contribution >= 0.6 is 0 Å². The summed E-state index contributed by atoms with van der Waals surface area (Å²) < 4.78 is 15.2. The van der Waals surface area contributed by atoms with Gasteiger partial charge < -0.3 is 55.1 Å². The van der Waals surface area contributed by atoms with Gasteiger partial charge in [0.2, 0.25) is 5.79 Å². The van der Waals surface area contributed by atoms with E-state index in [4.69, 9.17) is 24.4 Å². The summed E-state index contributed by atoms with van der Waals surface area (Å²) in [5, 5.41) is 76.6. The summed E-state index contributed by atoms with van der Waals surface area (Å²) in [6.07, 6.45) is -12.5. The molecule has 9 atom stereocenters. The molecule has 8 N–H and O–H groups in total. The first-order valence-electron chi connectivity index (χ1n) is 7.04. The maximum atomic E-state index is 9.94. The van der Waals surface area contributed by atoms with E-state index in [0.717, 1.165) is 0 Å². The summed E-state index contributed by atoms with van der Waals surface area (Å²) in [5.74, 6) is -2.35. The number of ether oxygens (including phenoxy) is 3. The molecule has 0 aliphatic carbocycles. The van der Waals surface area contributed by atoms with Crippen LogP contribution in [0, 0.1) is 0 Å². The van der Waals surface area contributed by atoms with Crippen LogP contribution in [0.1, 0.15) is 0 Å². The lowest BCUT2D eigenvalue weighted by molar-refractivity contribution is -0.367. The van der Waals surface area contributed by atoms with Crippen molar-refractivity contribution in [3.63, 3.8) is 0 Å². The molecule has 0 aromatic carbocycles. The molecule has 11 nitrogen and oxygen atoms in total. The van der Waals surface area contributed by atoms with Crippen molar-refractivity contribution in [2.45, 2.75) is 54.8 Å². The predicted octanol–water partition coefficient (Wildman–Crippen LogP) is -5.40. The van der Waals surface area contributed by atoms with E-state index < -0.39 is 74.6 Å². The first-order chi connectivity index (χ1) is 10.7. The van der Waals surface area contributed by atoms with Crippen LogP contribution in [0.5, 0.6) is 0 Å². The third-order valence-corrected chi connectivity index (χ3v) is 4.05. The second kappa shape index (κ2) is 7.21. The van der Waals surface area contributed by atoms with Crippen LogP contribution in [0.15, 0.2) is 0 Å². The van der Waals surface area contributed by atoms with Crippen molar-refractivity contribution < 1.29 is 55.1 Å². The van der Waals surface area contributed by atoms with E-state index in [1.165, 1.54) is 0 Å². The molecule has 2 saturated heterocycles.